The molecule has 2 N–H and O–H groups in total. The summed E-state index contributed by atoms with van der Waals surface area (Å²) in [5, 5.41) is 15.6. The van der Waals surface area contributed by atoms with E-state index < -0.39 is 18.0 Å². The third kappa shape index (κ3) is 2.90. The Morgan fingerprint density at radius 2 is 2.25 bits per heavy atom. The third-order valence-corrected chi connectivity index (χ3v) is 3.27. The van der Waals surface area contributed by atoms with E-state index in [9.17, 15) is 9.59 Å². The quantitative estimate of drug-likeness (QED) is 0.826. The van der Waals surface area contributed by atoms with E-state index in [1.165, 1.54) is 4.90 Å². The first-order valence-electron chi connectivity index (χ1n) is 6.27. The van der Waals surface area contributed by atoms with E-state index in [4.69, 9.17) is 14.4 Å². The SMILES string of the molecule is Cc1noc(C)c1CNC(=O)N1CCOCC1C(=O)O. The predicted octanol–water partition coefficient (Wildman–Crippen LogP) is 0.286. The lowest BCUT2D eigenvalue weighted by Gasteiger charge is -2.32. The van der Waals surface area contributed by atoms with Crippen molar-refractivity contribution >= 4 is 12.0 Å². The van der Waals surface area contributed by atoms with Gasteiger partial charge >= 0.3 is 12.0 Å². The van der Waals surface area contributed by atoms with Crippen LogP contribution < -0.4 is 5.32 Å². The molecule has 1 unspecified atom stereocenters. The number of carbonyl (C=O) groups excluding carboxylic acids is 1. The molecule has 0 spiro atoms. The molecule has 0 saturated carbocycles. The van der Waals surface area contributed by atoms with E-state index in [0.29, 0.717) is 18.1 Å². The number of carbonyl (C=O) groups is 2. The van der Waals surface area contributed by atoms with Crippen LogP contribution in [0.2, 0.25) is 0 Å². The van der Waals surface area contributed by atoms with Gasteiger partial charge in [-0.1, -0.05) is 5.16 Å². The molecule has 0 bridgehead atoms. The number of amides is 2. The molecule has 0 aliphatic carbocycles. The second-order valence-corrected chi connectivity index (χ2v) is 4.58. The van der Waals surface area contributed by atoms with Gasteiger partial charge in [-0.3, -0.25) is 0 Å². The molecule has 2 heterocycles. The maximum atomic E-state index is 12.1. The van der Waals surface area contributed by atoms with Gasteiger partial charge in [0.05, 0.1) is 18.9 Å². The average Bonchev–Trinajstić information content (AvgIpc) is 2.75. The molecule has 1 aliphatic rings. The van der Waals surface area contributed by atoms with Crippen molar-refractivity contribution in [1.82, 2.24) is 15.4 Å². The lowest BCUT2D eigenvalue weighted by atomic mass is 10.2. The van der Waals surface area contributed by atoms with Crippen molar-refractivity contribution in [3.05, 3.63) is 17.0 Å². The Kier molecular flexibility index (Phi) is 4.23. The molecule has 20 heavy (non-hydrogen) atoms. The van der Waals surface area contributed by atoms with Crippen molar-refractivity contribution in [2.75, 3.05) is 19.8 Å². The van der Waals surface area contributed by atoms with Gasteiger partial charge in [-0.05, 0) is 13.8 Å². The summed E-state index contributed by atoms with van der Waals surface area (Å²) in [7, 11) is 0. The first kappa shape index (κ1) is 14.3. The number of hydrogen-bond donors (Lipinski definition) is 2. The van der Waals surface area contributed by atoms with Gasteiger partial charge in [0.1, 0.15) is 5.76 Å². The number of morpholine rings is 1. The molecule has 110 valence electrons. The first-order valence-corrected chi connectivity index (χ1v) is 6.27. The number of nitrogens with one attached hydrogen (secondary N) is 1. The molecule has 0 aromatic carbocycles. The predicted molar refractivity (Wildman–Crippen MR) is 67.2 cm³/mol. The maximum absolute atomic E-state index is 12.1. The van der Waals surface area contributed by atoms with Gasteiger partial charge in [-0.2, -0.15) is 0 Å². The zero-order chi connectivity index (χ0) is 14.7. The molecular formula is C12H17N3O5. The van der Waals surface area contributed by atoms with Crippen LogP contribution in [0.4, 0.5) is 4.79 Å². The van der Waals surface area contributed by atoms with Crippen LogP contribution in [-0.2, 0) is 16.1 Å². The van der Waals surface area contributed by atoms with Gasteiger partial charge in [0.2, 0.25) is 0 Å². The Balaban J connectivity index is 1.98. The summed E-state index contributed by atoms with van der Waals surface area (Å²) in [6.45, 7) is 4.40. The fourth-order valence-corrected chi connectivity index (χ4v) is 2.07. The van der Waals surface area contributed by atoms with E-state index in [2.05, 4.69) is 10.5 Å². The van der Waals surface area contributed by atoms with E-state index in [1.807, 2.05) is 0 Å². The highest BCUT2D eigenvalue weighted by Crippen LogP contribution is 2.12. The third-order valence-electron chi connectivity index (χ3n) is 3.27. The second-order valence-electron chi connectivity index (χ2n) is 4.58. The summed E-state index contributed by atoms with van der Waals surface area (Å²) in [6, 6.07) is -1.38. The van der Waals surface area contributed by atoms with Crippen molar-refractivity contribution in [1.29, 1.82) is 0 Å². The number of carboxylic acid groups (broad SMARTS) is 1. The molecule has 8 heteroatoms. The fourth-order valence-electron chi connectivity index (χ4n) is 2.07. The zero-order valence-electron chi connectivity index (χ0n) is 11.4. The molecule has 1 saturated heterocycles. The second kappa shape index (κ2) is 5.91. The van der Waals surface area contributed by atoms with Crippen molar-refractivity contribution in [2.45, 2.75) is 26.4 Å². The van der Waals surface area contributed by atoms with Gasteiger partial charge in [-0.25, -0.2) is 9.59 Å². The maximum Gasteiger partial charge on any atom is 0.328 e. The molecule has 1 aromatic rings. The Bertz CT molecular complexity index is 494. The molecule has 1 aliphatic heterocycles. The van der Waals surface area contributed by atoms with Gasteiger partial charge in [0.15, 0.2) is 6.04 Å². The number of nitrogens with zero attached hydrogens (tertiary/aromatic N) is 2. The number of rotatable bonds is 3. The lowest BCUT2D eigenvalue weighted by Crippen LogP contribution is -2.55. The standard InChI is InChI=1S/C12H17N3O5/c1-7-9(8(2)20-14-7)5-13-12(18)15-3-4-19-6-10(15)11(16)17/h10H,3-6H2,1-2H3,(H,13,18)(H,16,17). The minimum atomic E-state index is -1.07. The van der Waals surface area contributed by atoms with Crippen LogP contribution in [0.25, 0.3) is 0 Å². The van der Waals surface area contributed by atoms with Crippen molar-refractivity contribution in [3.8, 4) is 0 Å². The lowest BCUT2D eigenvalue weighted by molar-refractivity contribution is -0.147. The summed E-state index contributed by atoms with van der Waals surface area (Å²) in [5.74, 6) is -0.434. The first-order chi connectivity index (χ1) is 9.50. The summed E-state index contributed by atoms with van der Waals surface area (Å²) >= 11 is 0. The number of hydrogen-bond acceptors (Lipinski definition) is 5. The van der Waals surface area contributed by atoms with Crippen molar-refractivity contribution in [3.63, 3.8) is 0 Å². The van der Waals surface area contributed by atoms with Gasteiger partial charge in [-0.15, -0.1) is 0 Å². The highest BCUT2D eigenvalue weighted by Gasteiger charge is 2.32. The highest BCUT2D eigenvalue weighted by atomic mass is 16.5. The van der Waals surface area contributed by atoms with Crippen LogP contribution in [-0.4, -0.2) is 53.0 Å². The Labute approximate surface area is 115 Å². The summed E-state index contributed by atoms with van der Waals surface area (Å²) < 4.78 is 10.1. The van der Waals surface area contributed by atoms with Gasteiger partial charge < -0.3 is 24.6 Å². The number of aryl methyl sites for hydroxylation is 2. The zero-order valence-corrected chi connectivity index (χ0v) is 11.4. The van der Waals surface area contributed by atoms with Crippen LogP contribution in [0.1, 0.15) is 17.0 Å². The van der Waals surface area contributed by atoms with E-state index in [1.54, 1.807) is 13.8 Å². The van der Waals surface area contributed by atoms with E-state index >= 15 is 0 Å². The van der Waals surface area contributed by atoms with Crippen LogP contribution in [0.3, 0.4) is 0 Å². The van der Waals surface area contributed by atoms with Gasteiger partial charge in [0, 0.05) is 18.7 Å². The normalized spacial score (nSPS) is 18.9. The van der Waals surface area contributed by atoms with E-state index in [0.717, 1.165) is 5.56 Å². The monoisotopic (exact) mass is 283 g/mol. The number of carboxylic acids is 1. The number of ether oxygens (including phenoxy) is 1. The summed E-state index contributed by atoms with van der Waals surface area (Å²) in [4.78, 5) is 24.4. The molecule has 2 amide bonds. The van der Waals surface area contributed by atoms with Crippen LogP contribution >= 0.6 is 0 Å². The smallest absolute Gasteiger partial charge is 0.328 e. The van der Waals surface area contributed by atoms with Crippen molar-refractivity contribution < 1.29 is 24.0 Å². The van der Waals surface area contributed by atoms with Crippen LogP contribution in [0.15, 0.2) is 4.52 Å². The number of aromatic nitrogens is 1. The minimum Gasteiger partial charge on any atom is -0.480 e. The average molecular weight is 283 g/mol. The molecular weight excluding hydrogens is 266 g/mol. The Hall–Kier alpha value is -2.09. The molecule has 8 nitrogen and oxygen atoms in total. The topological polar surface area (TPSA) is 105 Å². The molecule has 1 fully saturated rings. The Morgan fingerprint density at radius 1 is 1.50 bits per heavy atom. The highest BCUT2D eigenvalue weighted by molar-refractivity contribution is 5.83. The largest absolute Gasteiger partial charge is 0.480 e. The Morgan fingerprint density at radius 3 is 2.85 bits per heavy atom. The van der Waals surface area contributed by atoms with Gasteiger partial charge in [0.25, 0.3) is 0 Å². The number of aliphatic carboxylic acids is 1. The summed E-state index contributed by atoms with van der Waals surface area (Å²) in [6.07, 6.45) is 0. The summed E-state index contributed by atoms with van der Waals surface area (Å²) in [5.41, 5.74) is 1.51. The fraction of sp³-hybridized carbons (Fsp3) is 0.583. The number of urea groups is 1. The molecule has 0 radical (unpaired) electrons. The van der Waals surface area contributed by atoms with Crippen molar-refractivity contribution in [2.24, 2.45) is 0 Å². The van der Waals surface area contributed by atoms with Crippen LogP contribution in [0.5, 0.6) is 0 Å². The molecule has 1 aromatic heterocycles. The molecule has 1 atom stereocenters. The van der Waals surface area contributed by atoms with Crippen LogP contribution in [0, 0.1) is 13.8 Å². The minimum absolute atomic E-state index is 0.00801. The van der Waals surface area contributed by atoms with E-state index in [-0.39, 0.29) is 19.7 Å². The molecule has 2 rings (SSSR count).